The molecule has 0 fully saturated rings. The number of aromatic nitrogens is 2. The van der Waals surface area contributed by atoms with Gasteiger partial charge >= 0.3 is 0 Å². The van der Waals surface area contributed by atoms with Crippen LogP contribution in [0.1, 0.15) is 50.2 Å². The highest BCUT2D eigenvalue weighted by atomic mass is 16.5. The van der Waals surface area contributed by atoms with Crippen LogP contribution >= 0.6 is 0 Å². The molecule has 0 bridgehead atoms. The summed E-state index contributed by atoms with van der Waals surface area (Å²) in [4.78, 5) is 0. The van der Waals surface area contributed by atoms with E-state index in [1.54, 1.807) is 0 Å². The van der Waals surface area contributed by atoms with E-state index >= 15 is 0 Å². The Labute approximate surface area is 111 Å². The Hall–Kier alpha value is -0.870. The molecule has 1 unspecified atom stereocenters. The molecule has 0 amide bonds. The molecule has 104 valence electrons. The van der Waals surface area contributed by atoms with Crippen molar-refractivity contribution < 1.29 is 4.74 Å². The molecule has 1 aromatic heterocycles. The van der Waals surface area contributed by atoms with Gasteiger partial charge in [0.2, 0.25) is 0 Å². The zero-order valence-electron chi connectivity index (χ0n) is 12.6. The van der Waals surface area contributed by atoms with Crippen LogP contribution in [0.4, 0.5) is 0 Å². The summed E-state index contributed by atoms with van der Waals surface area (Å²) < 4.78 is 7.72. The molecule has 1 atom stereocenters. The number of hydrogen-bond donors (Lipinski definition) is 1. The highest BCUT2D eigenvalue weighted by Crippen LogP contribution is 2.21. The van der Waals surface area contributed by atoms with Crippen molar-refractivity contribution in [2.45, 2.75) is 53.2 Å². The van der Waals surface area contributed by atoms with Crippen LogP contribution in [0.25, 0.3) is 0 Å². The first kappa shape index (κ1) is 15.2. The second-order valence-corrected chi connectivity index (χ2v) is 5.10. The first-order chi connectivity index (χ1) is 8.47. The number of nitrogens with zero attached hydrogens (tertiary/aromatic N) is 2. The average Bonchev–Trinajstić information content (AvgIpc) is 2.54. The van der Waals surface area contributed by atoms with Gasteiger partial charge in [0.25, 0.3) is 0 Å². The standard InChI is InChI=1S/C14H27N3O/c1-7-8-15-13(9-18-10(2)3)14-11(4)16-17(6)12(14)5/h10,13,15H,7-9H2,1-6H3. The minimum absolute atomic E-state index is 0.237. The van der Waals surface area contributed by atoms with E-state index in [2.05, 4.69) is 45.0 Å². The Morgan fingerprint density at radius 2 is 2.00 bits per heavy atom. The van der Waals surface area contributed by atoms with Gasteiger partial charge in [0, 0.05) is 18.3 Å². The maximum atomic E-state index is 5.78. The molecule has 0 aromatic carbocycles. The molecule has 0 aliphatic rings. The monoisotopic (exact) mass is 253 g/mol. The predicted octanol–water partition coefficient (Wildman–Crippen LogP) is 2.50. The van der Waals surface area contributed by atoms with Crippen LogP contribution in [0.5, 0.6) is 0 Å². The Morgan fingerprint density at radius 1 is 1.33 bits per heavy atom. The van der Waals surface area contributed by atoms with Gasteiger partial charge < -0.3 is 10.1 Å². The lowest BCUT2D eigenvalue weighted by Crippen LogP contribution is -2.28. The van der Waals surface area contributed by atoms with Crippen molar-refractivity contribution in [1.82, 2.24) is 15.1 Å². The molecule has 1 heterocycles. The molecular weight excluding hydrogens is 226 g/mol. The zero-order valence-corrected chi connectivity index (χ0v) is 12.6. The number of hydrogen-bond acceptors (Lipinski definition) is 3. The summed E-state index contributed by atoms with van der Waals surface area (Å²) >= 11 is 0. The number of rotatable bonds is 7. The van der Waals surface area contributed by atoms with E-state index < -0.39 is 0 Å². The SMILES string of the molecule is CCCNC(COC(C)C)c1c(C)nn(C)c1C. The summed E-state index contributed by atoms with van der Waals surface area (Å²) in [6, 6.07) is 0.237. The van der Waals surface area contributed by atoms with E-state index in [0.717, 1.165) is 18.7 Å². The topological polar surface area (TPSA) is 39.1 Å². The van der Waals surface area contributed by atoms with Gasteiger partial charge in [-0.05, 0) is 40.7 Å². The third kappa shape index (κ3) is 3.82. The van der Waals surface area contributed by atoms with Crippen molar-refractivity contribution in [2.24, 2.45) is 7.05 Å². The number of ether oxygens (including phenoxy) is 1. The fourth-order valence-electron chi connectivity index (χ4n) is 2.15. The third-order valence-electron chi connectivity index (χ3n) is 3.15. The molecule has 0 saturated carbocycles. The van der Waals surface area contributed by atoms with E-state index in [-0.39, 0.29) is 12.1 Å². The van der Waals surface area contributed by atoms with Crippen molar-refractivity contribution in [3.05, 3.63) is 17.0 Å². The van der Waals surface area contributed by atoms with Gasteiger partial charge in [-0.1, -0.05) is 6.92 Å². The molecule has 0 saturated heterocycles. The highest BCUT2D eigenvalue weighted by molar-refractivity contribution is 5.28. The number of nitrogens with one attached hydrogen (secondary N) is 1. The molecule has 1 aromatic rings. The molecule has 0 aliphatic heterocycles. The van der Waals surface area contributed by atoms with Crippen molar-refractivity contribution in [3.63, 3.8) is 0 Å². The van der Waals surface area contributed by atoms with Gasteiger partial charge in [0.1, 0.15) is 0 Å². The van der Waals surface area contributed by atoms with Crippen molar-refractivity contribution in [1.29, 1.82) is 0 Å². The molecular formula is C14H27N3O. The van der Waals surface area contributed by atoms with Gasteiger partial charge in [-0.15, -0.1) is 0 Å². The van der Waals surface area contributed by atoms with E-state index in [9.17, 15) is 0 Å². The summed E-state index contributed by atoms with van der Waals surface area (Å²) in [5, 5.41) is 8.05. The van der Waals surface area contributed by atoms with Crippen LogP contribution in [0, 0.1) is 13.8 Å². The second kappa shape index (κ2) is 6.90. The van der Waals surface area contributed by atoms with Crippen LogP contribution in [0.15, 0.2) is 0 Å². The normalized spacial score (nSPS) is 13.3. The highest BCUT2D eigenvalue weighted by Gasteiger charge is 2.20. The van der Waals surface area contributed by atoms with Crippen LogP contribution in [-0.2, 0) is 11.8 Å². The second-order valence-electron chi connectivity index (χ2n) is 5.10. The molecule has 0 spiro atoms. The van der Waals surface area contributed by atoms with E-state index in [0.29, 0.717) is 6.61 Å². The van der Waals surface area contributed by atoms with E-state index in [1.807, 2.05) is 11.7 Å². The fourth-order valence-corrected chi connectivity index (χ4v) is 2.15. The molecule has 18 heavy (non-hydrogen) atoms. The van der Waals surface area contributed by atoms with E-state index in [1.165, 1.54) is 11.3 Å². The first-order valence-electron chi connectivity index (χ1n) is 6.82. The molecule has 0 radical (unpaired) electrons. The lowest BCUT2D eigenvalue weighted by Gasteiger charge is -2.21. The van der Waals surface area contributed by atoms with Crippen LogP contribution in [0.3, 0.4) is 0 Å². The Kier molecular flexibility index (Phi) is 5.82. The van der Waals surface area contributed by atoms with Gasteiger partial charge in [0.15, 0.2) is 0 Å². The van der Waals surface area contributed by atoms with Crippen molar-refractivity contribution in [2.75, 3.05) is 13.2 Å². The molecule has 1 rings (SSSR count). The summed E-state index contributed by atoms with van der Waals surface area (Å²) in [6.07, 6.45) is 1.38. The van der Waals surface area contributed by atoms with E-state index in [4.69, 9.17) is 4.74 Å². The maximum absolute atomic E-state index is 5.78. The van der Waals surface area contributed by atoms with Gasteiger partial charge in [-0.3, -0.25) is 4.68 Å². The van der Waals surface area contributed by atoms with Gasteiger partial charge in [-0.25, -0.2) is 0 Å². The Morgan fingerprint density at radius 3 is 2.44 bits per heavy atom. The lowest BCUT2D eigenvalue weighted by molar-refractivity contribution is 0.0608. The summed E-state index contributed by atoms with van der Waals surface area (Å²) in [7, 11) is 1.99. The Bertz CT molecular complexity index is 371. The van der Waals surface area contributed by atoms with Gasteiger partial charge in [0.05, 0.1) is 24.4 Å². The number of aryl methyl sites for hydroxylation is 2. The van der Waals surface area contributed by atoms with Crippen LogP contribution < -0.4 is 5.32 Å². The first-order valence-corrected chi connectivity index (χ1v) is 6.82. The maximum Gasteiger partial charge on any atom is 0.0666 e. The summed E-state index contributed by atoms with van der Waals surface area (Å²) in [5.41, 5.74) is 3.59. The third-order valence-corrected chi connectivity index (χ3v) is 3.15. The largest absolute Gasteiger partial charge is 0.377 e. The van der Waals surface area contributed by atoms with Crippen LogP contribution in [0.2, 0.25) is 0 Å². The summed E-state index contributed by atoms with van der Waals surface area (Å²) in [6.45, 7) is 12.2. The average molecular weight is 253 g/mol. The molecule has 0 aliphatic carbocycles. The fraction of sp³-hybridized carbons (Fsp3) is 0.786. The predicted molar refractivity (Wildman–Crippen MR) is 74.8 cm³/mol. The molecule has 1 N–H and O–H groups in total. The molecule has 4 heteroatoms. The summed E-state index contributed by atoms with van der Waals surface area (Å²) in [5.74, 6) is 0. The Balaban J connectivity index is 2.86. The zero-order chi connectivity index (χ0) is 13.7. The lowest BCUT2D eigenvalue weighted by atomic mass is 10.1. The minimum atomic E-state index is 0.237. The minimum Gasteiger partial charge on any atom is -0.377 e. The quantitative estimate of drug-likeness (QED) is 0.811. The van der Waals surface area contributed by atoms with Crippen LogP contribution in [-0.4, -0.2) is 29.0 Å². The smallest absolute Gasteiger partial charge is 0.0666 e. The molecule has 4 nitrogen and oxygen atoms in total. The van der Waals surface area contributed by atoms with Gasteiger partial charge in [-0.2, -0.15) is 5.10 Å². The van der Waals surface area contributed by atoms with Crippen molar-refractivity contribution >= 4 is 0 Å². The van der Waals surface area contributed by atoms with Crippen molar-refractivity contribution in [3.8, 4) is 0 Å².